The highest BCUT2D eigenvalue weighted by Gasteiger charge is 2.17. The Balaban J connectivity index is 1.53. The topological polar surface area (TPSA) is 120 Å². The number of nitrogens with zero attached hydrogens (tertiary/aromatic N) is 5. The monoisotopic (exact) mass is 475 g/mol. The van der Waals surface area contributed by atoms with E-state index in [1.54, 1.807) is 12.1 Å². The van der Waals surface area contributed by atoms with Crippen molar-refractivity contribution in [3.05, 3.63) is 71.2 Å². The van der Waals surface area contributed by atoms with Gasteiger partial charge in [0.2, 0.25) is 10.0 Å². The average Bonchev–Trinajstić information content (AvgIpc) is 3.26. The van der Waals surface area contributed by atoms with E-state index in [-0.39, 0.29) is 4.90 Å². The van der Waals surface area contributed by atoms with Gasteiger partial charge >= 0.3 is 0 Å². The maximum atomic E-state index is 11.5. The molecule has 0 aliphatic heterocycles. The Morgan fingerprint density at radius 3 is 2.41 bits per heavy atom. The molecule has 0 saturated heterocycles. The molecule has 0 aliphatic carbocycles. The lowest BCUT2D eigenvalue weighted by molar-refractivity contribution is 0.598. The number of nitrogens with one attached hydrogen (secondary N) is 1. The Labute approximate surface area is 197 Å². The summed E-state index contributed by atoms with van der Waals surface area (Å²) < 4.78 is 26.7. The largest absolute Gasteiger partial charge is 0.366 e. The Bertz CT molecular complexity index is 1670. The van der Waals surface area contributed by atoms with Crippen molar-refractivity contribution in [1.29, 1.82) is 0 Å². The summed E-state index contributed by atoms with van der Waals surface area (Å²) in [6, 6.07) is 14.7. The lowest BCUT2D eigenvalue weighted by Gasteiger charge is -2.10. The van der Waals surface area contributed by atoms with Crippen molar-refractivity contribution in [1.82, 2.24) is 24.4 Å². The Morgan fingerprint density at radius 2 is 1.71 bits per heavy atom. The predicted molar refractivity (Wildman–Crippen MR) is 132 cm³/mol. The first-order chi connectivity index (χ1) is 16.1. The Morgan fingerprint density at radius 1 is 0.971 bits per heavy atom. The van der Waals surface area contributed by atoms with Crippen LogP contribution in [0.2, 0.25) is 0 Å². The number of rotatable bonds is 5. The van der Waals surface area contributed by atoms with Gasteiger partial charge in [-0.3, -0.25) is 4.68 Å². The summed E-state index contributed by atoms with van der Waals surface area (Å²) in [5.41, 5.74) is 7.50. The van der Waals surface area contributed by atoms with Gasteiger partial charge in [-0.15, -0.1) is 0 Å². The number of fused-ring (bicyclic) bond motifs is 2. The minimum Gasteiger partial charge on any atom is -0.366 e. The molecule has 0 fully saturated rings. The highest BCUT2D eigenvalue weighted by Crippen LogP contribution is 2.32. The molecule has 0 aliphatic rings. The molecule has 0 spiro atoms. The first kappa shape index (κ1) is 22.1. The minimum atomic E-state index is -3.71. The number of sulfonamides is 1. The molecule has 5 aromatic rings. The average molecular weight is 476 g/mol. The number of aromatic nitrogens is 5. The van der Waals surface area contributed by atoms with Crippen molar-refractivity contribution < 1.29 is 8.42 Å². The fraction of sp³-hybridized carbons (Fsp3) is 0.208. The molecule has 3 heterocycles. The molecule has 0 bridgehead atoms. The lowest BCUT2D eigenvalue weighted by atomic mass is 10.0. The zero-order valence-electron chi connectivity index (χ0n) is 19.4. The zero-order chi connectivity index (χ0) is 24.2. The first-order valence-corrected chi connectivity index (χ1v) is 12.3. The quantitative estimate of drug-likeness (QED) is 0.402. The van der Waals surface area contributed by atoms with Crippen LogP contribution in [0.4, 0.5) is 5.82 Å². The summed E-state index contributed by atoms with van der Waals surface area (Å²) in [5, 5.41) is 19.0. The SMILES string of the molecule is Cc1cc(NCc2ccc(S(N)(=O)=O)cc2)n2nc(C)c(-c3ccc4c(c3)c(C)nn4C)c2n1. The van der Waals surface area contributed by atoms with Gasteiger partial charge in [0.25, 0.3) is 0 Å². The second-order valence-corrected chi connectivity index (χ2v) is 10.0. The van der Waals surface area contributed by atoms with Crippen LogP contribution in [0.3, 0.4) is 0 Å². The molecule has 34 heavy (non-hydrogen) atoms. The minimum absolute atomic E-state index is 0.0894. The third-order valence-corrected chi connectivity index (χ3v) is 6.87. The van der Waals surface area contributed by atoms with Gasteiger partial charge in [0.05, 0.1) is 21.8 Å². The van der Waals surface area contributed by atoms with Crippen molar-refractivity contribution in [3.8, 4) is 11.1 Å². The number of hydrogen-bond acceptors (Lipinski definition) is 6. The van der Waals surface area contributed by atoms with E-state index in [1.807, 2.05) is 43.1 Å². The molecule has 0 unspecified atom stereocenters. The van der Waals surface area contributed by atoms with Crippen LogP contribution in [-0.4, -0.2) is 32.8 Å². The predicted octanol–water partition coefficient (Wildman–Crippen LogP) is 3.47. The van der Waals surface area contributed by atoms with E-state index in [1.165, 1.54) is 12.1 Å². The molecule has 10 heteroatoms. The molecule has 3 N–H and O–H groups in total. The van der Waals surface area contributed by atoms with E-state index in [9.17, 15) is 8.42 Å². The molecular formula is C24H25N7O2S. The number of anilines is 1. The number of nitrogens with two attached hydrogens (primary N) is 1. The van der Waals surface area contributed by atoms with Crippen LogP contribution in [0.25, 0.3) is 27.7 Å². The van der Waals surface area contributed by atoms with Gasteiger partial charge in [-0.25, -0.2) is 18.5 Å². The molecule has 5 rings (SSSR count). The van der Waals surface area contributed by atoms with Crippen molar-refractivity contribution in [2.75, 3.05) is 5.32 Å². The highest BCUT2D eigenvalue weighted by atomic mass is 32.2. The van der Waals surface area contributed by atoms with E-state index >= 15 is 0 Å². The van der Waals surface area contributed by atoms with Crippen molar-refractivity contribution in [3.63, 3.8) is 0 Å². The summed E-state index contributed by atoms with van der Waals surface area (Å²) >= 11 is 0. The van der Waals surface area contributed by atoms with E-state index in [0.29, 0.717) is 6.54 Å². The smallest absolute Gasteiger partial charge is 0.238 e. The first-order valence-electron chi connectivity index (χ1n) is 10.8. The van der Waals surface area contributed by atoms with Crippen molar-refractivity contribution in [2.24, 2.45) is 12.2 Å². The van der Waals surface area contributed by atoms with Crippen LogP contribution < -0.4 is 10.5 Å². The number of hydrogen-bond donors (Lipinski definition) is 2. The fourth-order valence-corrected chi connectivity index (χ4v) is 4.81. The number of benzene rings is 2. The third kappa shape index (κ3) is 3.80. The van der Waals surface area contributed by atoms with Gasteiger partial charge in [0.1, 0.15) is 5.82 Å². The van der Waals surface area contributed by atoms with Gasteiger partial charge < -0.3 is 5.32 Å². The number of primary sulfonamides is 1. The molecule has 2 aromatic carbocycles. The maximum absolute atomic E-state index is 11.5. The van der Waals surface area contributed by atoms with Gasteiger partial charge in [-0.1, -0.05) is 18.2 Å². The maximum Gasteiger partial charge on any atom is 0.238 e. The van der Waals surface area contributed by atoms with E-state index in [0.717, 1.165) is 56.1 Å². The van der Waals surface area contributed by atoms with Crippen LogP contribution in [0, 0.1) is 20.8 Å². The van der Waals surface area contributed by atoms with Crippen LogP contribution in [0.5, 0.6) is 0 Å². The van der Waals surface area contributed by atoms with Crippen LogP contribution in [0.1, 0.15) is 22.6 Å². The number of aryl methyl sites for hydroxylation is 4. The van der Waals surface area contributed by atoms with Crippen LogP contribution in [-0.2, 0) is 23.6 Å². The molecule has 3 aromatic heterocycles. The summed E-state index contributed by atoms with van der Waals surface area (Å²) in [6.45, 7) is 6.43. The summed E-state index contributed by atoms with van der Waals surface area (Å²) in [7, 11) is -1.77. The zero-order valence-corrected chi connectivity index (χ0v) is 20.2. The molecule has 174 valence electrons. The fourth-order valence-electron chi connectivity index (χ4n) is 4.29. The second-order valence-electron chi connectivity index (χ2n) is 8.46. The normalized spacial score (nSPS) is 12.0. The van der Waals surface area contributed by atoms with Crippen LogP contribution in [0.15, 0.2) is 53.4 Å². The van der Waals surface area contributed by atoms with E-state index in [4.69, 9.17) is 15.2 Å². The molecule has 0 radical (unpaired) electrons. The molecular weight excluding hydrogens is 450 g/mol. The van der Waals surface area contributed by atoms with Gasteiger partial charge in [-0.05, 0) is 56.2 Å². The lowest BCUT2D eigenvalue weighted by Crippen LogP contribution is -2.12. The van der Waals surface area contributed by atoms with Gasteiger partial charge in [0, 0.05) is 36.3 Å². The van der Waals surface area contributed by atoms with Gasteiger partial charge in [-0.2, -0.15) is 14.7 Å². The molecule has 0 atom stereocenters. The van der Waals surface area contributed by atoms with Crippen LogP contribution >= 0.6 is 0 Å². The summed E-state index contributed by atoms with van der Waals surface area (Å²) in [5.74, 6) is 0.797. The second kappa shape index (κ2) is 7.93. The molecule has 0 amide bonds. The molecule has 0 saturated carbocycles. The van der Waals surface area contributed by atoms with E-state index < -0.39 is 10.0 Å². The van der Waals surface area contributed by atoms with E-state index in [2.05, 4.69) is 28.6 Å². The van der Waals surface area contributed by atoms with Crippen molar-refractivity contribution >= 4 is 32.4 Å². The van der Waals surface area contributed by atoms with Crippen molar-refractivity contribution in [2.45, 2.75) is 32.2 Å². The highest BCUT2D eigenvalue weighted by molar-refractivity contribution is 7.89. The Kier molecular flexibility index (Phi) is 5.14. The standard InChI is InChI=1S/C24H25N7O2S/c1-14-11-22(26-13-17-5-8-19(9-6-17)34(25,32)33)31-24(27-14)23(16(3)29-31)18-7-10-21-20(12-18)15(2)28-30(21)4/h5-12,26H,13H2,1-4H3,(H2,25,32,33). The van der Waals surface area contributed by atoms with Gasteiger partial charge in [0.15, 0.2) is 5.65 Å². The summed E-state index contributed by atoms with van der Waals surface area (Å²) in [4.78, 5) is 4.88. The summed E-state index contributed by atoms with van der Waals surface area (Å²) in [6.07, 6.45) is 0. The third-order valence-electron chi connectivity index (χ3n) is 5.94. The molecule has 9 nitrogen and oxygen atoms in total. The Hall–Kier alpha value is -3.76.